The van der Waals surface area contributed by atoms with Crippen LogP contribution >= 0.6 is 0 Å². The van der Waals surface area contributed by atoms with E-state index in [4.69, 9.17) is 5.11 Å². The lowest BCUT2D eigenvalue weighted by atomic mass is 10.1. The van der Waals surface area contributed by atoms with Crippen molar-refractivity contribution in [1.29, 1.82) is 0 Å². The molecule has 8 heteroatoms. The van der Waals surface area contributed by atoms with Gasteiger partial charge in [0.1, 0.15) is 5.56 Å². The molecular weight excluding hydrogens is 270 g/mol. The third kappa shape index (κ3) is 4.64. The van der Waals surface area contributed by atoms with Gasteiger partial charge in [-0.1, -0.05) is 26.7 Å². The van der Waals surface area contributed by atoms with Gasteiger partial charge < -0.3 is 5.11 Å². The zero-order valence-electron chi connectivity index (χ0n) is 11.0. The molecule has 1 aromatic heterocycles. The molecule has 0 fully saturated rings. The molecule has 0 aliphatic carbocycles. The molecule has 19 heavy (non-hydrogen) atoms. The first kappa shape index (κ1) is 15.6. The monoisotopic (exact) mass is 289 g/mol. The van der Waals surface area contributed by atoms with Crippen molar-refractivity contribution < 1.29 is 18.3 Å². The van der Waals surface area contributed by atoms with Crippen molar-refractivity contribution in [2.24, 2.45) is 5.92 Å². The summed E-state index contributed by atoms with van der Waals surface area (Å²) < 4.78 is 26.1. The van der Waals surface area contributed by atoms with Crippen LogP contribution in [0.15, 0.2) is 11.2 Å². The first-order valence-electron chi connectivity index (χ1n) is 6.11. The number of nitrogens with one attached hydrogen (secondary N) is 2. The van der Waals surface area contributed by atoms with E-state index in [9.17, 15) is 13.2 Å². The van der Waals surface area contributed by atoms with Crippen LogP contribution in [0.1, 0.15) is 43.5 Å². The van der Waals surface area contributed by atoms with Crippen LogP contribution in [-0.2, 0) is 10.0 Å². The van der Waals surface area contributed by atoms with Crippen molar-refractivity contribution in [2.45, 2.75) is 38.1 Å². The molecule has 0 aliphatic rings. The SMILES string of the molecule is CC(C)CCCCNS(=O)(=O)c1[nH]ncc1C(=O)O. The Kier molecular flexibility index (Phi) is 5.49. The number of unbranched alkanes of at least 4 members (excludes halogenated alkanes) is 1. The van der Waals surface area contributed by atoms with E-state index >= 15 is 0 Å². The number of H-pyrrole nitrogens is 1. The fourth-order valence-corrected chi connectivity index (χ4v) is 2.75. The summed E-state index contributed by atoms with van der Waals surface area (Å²) in [4.78, 5) is 10.8. The van der Waals surface area contributed by atoms with Gasteiger partial charge in [-0.3, -0.25) is 5.10 Å². The second-order valence-electron chi connectivity index (χ2n) is 4.71. The minimum atomic E-state index is -3.84. The lowest BCUT2D eigenvalue weighted by Gasteiger charge is -2.06. The van der Waals surface area contributed by atoms with E-state index in [1.807, 2.05) is 0 Å². The smallest absolute Gasteiger partial charge is 0.340 e. The average molecular weight is 289 g/mol. The second kappa shape index (κ2) is 6.67. The molecule has 0 bridgehead atoms. The van der Waals surface area contributed by atoms with Crippen LogP contribution in [0.25, 0.3) is 0 Å². The summed E-state index contributed by atoms with van der Waals surface area (Å²) in [5.41, 5.74) is -0.352. The maximum Gasteiger partial charge on any atom is 0.340 e. The van der Waals surface area contributed by atoms with Gasteiger partial charge in [0.05, 0.1) is 6.20 Å². The standard InChI is InChI=1S/C11H19N3O4S/c1-8(2)5-3-4-6-13-19(17,18)10-9(11(15)16)7-12-14-10/h7-8,13H,3-6H2,1-2H3,(H,12,14)(H,15,16). The van der Waals surface area contributed by atoms with E-state index in [2.05, 4.69) is 28.8 Å². The lowest BCUT2D eigenvalue weighted by molar-refractivity contribution is 0.0692. The Bertz CT molecular complexity index is 522. The number of rotatable bonds is 8. The summed E-state index contributed by atoms with van der Waals surface area (Å²) in [7, 11) is -3.84. The molecule has 108 valence electrons. The molecule has 0 saturated heterocycles. The second-order valence-corrected chi connectivity index (χ2v) is 6.41. The van der Waals surface area contributed by atoms with Crippen molar-refractivity contribution in [1.82, 2.24) is 14.9 Å². The van der Waals surface area contributed by atoms with Crippen LogP contribution in [0, 0.1) is 5.92 Å². The number of hydrogen-bond acceptors (Lipinski definition) is 4. The van der Waals surface area contributed by atoms with E-state index in [0.29, 0.717) is 12.3 Å². The molecule has 3 N–H and O–H groups in total. The highest BCUT2D eigenvalue weighted by molar-refractivity contribution is 7.89. The third-order valence-electron chi connectivity index (χ3n) is 2.60. The molecule has 0 aliphatic heterocycles. The van der Waals surface area contributed by atoms with E-state index < -0.39 is 21.0 Å². The predicted molar refractivity (Wildman–Crippen MR) is 69.4 cm³/mol. The quantitative estimate of drug-likeness (QED) is 0.623. The summed E-state index contributed by atoms with van der Waals surface area (Å²) in [5, 5.41) is 14.1. The minimum Gasteiger partial charge on any atom is -0.478 e. The highest BCUT2D eigenvalue weighted by Crippen LogP contribution is 2.12. The summed E-state index contributed by atoms with van der Waals surface area (Å²) >= 11 is 0. The molecular formula is C11H19N3O4S. The van der Waals surface area contributed by atoms with Crippen LogP contribution < -0.4 is 4.72 Å². The molecule has 0 radical (unpaired) electrons. The largest absolute Gasteiger partial charge is 0.478 e. The van der Waals surface area contributed by atoms with Gasteiger partial charge in [0.15, 0.2) is 5.03 Å². The fourth-order valence-electron chi connectivity index (χ4n) is 1.59. The van der Waals surface area contributed by atoms with E-state index in [1.54, 1.807) is 0 Å². The fraction of sp³-hybridized carbons (Fsp3) is 0.636. The highest BCUT2D eigenvalue weighted by Gasteiger charge is 2.24. The van der Waals surface area contributed by atoms with Gasteiger partial charge in [0.2, 0.25) is 0 Å². The van der Waals surface area contributed by atoms with Crippen LogP contribution in [0.3, 0.4) is 0 Å². The summed E-state index contributed by atoms with van der Waals surface area (Å²) in [6.45, 7) is 4.49. The number of aromatic nitrogens is 2. The van der Waals surface area contributed by atoms with Crippen molar-refractivity contribution in [3.05, 3.63) is 11.8 Å². The van der Waals surface area contributed by atoms with Crippen LogP contribution in [0.2, 0.25) is 0 Å². The maximum absolute atomic E-state index is 11.9. The van der Waals surface area contributed by atoms with Crippen LogP contribution in [0.5, 0.6) is 0 Å². The summed E-state index contributed by atoms with van der Waals surface area (Å²) in [6.07, 6.45) is 3.66. The van der Waals surface area contributed by atoms with Gasteiger partial charge in [-0.05, 0) is 12.3 Å². The first-order chi connectivity index (χ1) is 8.84. The Labute approximate surface area is 112 Å². The number of carboxylic acid groups (broad SMARTS) is 1. The van der Waals surface area contributed by atoms with E-state index in [1.165, 1.54) is 0 Å². The zero-order valence-corrected chi connectivity index (χ0v) is 11.8. The topological polar surface area (TPSA) is 112 Å². The summed E-state index contributed by atoms with van der Waals surface area (Å²) in [5.74, 6) is -0.739. The normalized spacial score (nSPS) is 11.9. The third-order valence-corrected chi connectivity index (χ3v) is 4.04. The number of aromatic amines is 1. The van der Waals surface area contributed by atoms with Gasteiger partial charge in [0.25, 0.3) is 10.0 Å². The van der Waals surface area contributed by atoms with Gasteiger partial charge >= 0.3 is 5.97 Å². The highest BCUT2D eigenvalue weighted by atomic mass is 32.2. The number of carboxylic acids is 1. The molecule has 0 aromatic carbocycles. The Morgan fingerprint density at radius 1 is 1.47 bits per heavy atom. The van der Waals surface area contributed by atoms with Gasteiger partial charge in [-0.25, -0.2) is 17.9 Å². The predicted octanol–water partition coefficient (Wildman–Crippen LogP) is 1.21. The van der Waals surface area contributed by atoms with Crippen LogP contribution in [0.4, 0.5) is 0 Å². The van der Waals surface area contributed by atoms with Gasteiger partial charge in [0, 0.05) is 6.54 Å². The van der Waals surface area contributed by atoms with Crippen molar-refractivity contribution >= 4 is 16.0 Å². The number of nitrogens with zero attached hydrogens (tertiary/aromatic N) is 1. The molecule has 0 amide bonds. The van der Waals surface area contributed by atoms with E-state index in [0.717, 1.165) is 19.0 Å². The Morgan fingerprint density at radius 2 is 2.16 bits per heavy atom. The number of hydrogen-bond donors (Lipinski definition) is 3. The van der Waals surface area contributed by atoms with Crippen LogP contribution in [-0.4, -0.2) is 36.2 Å². The Balaban J connectivity index is 2.57. The number of carbonyl (C=O) groups is 1. The lowest BCUT2D eigenvalue weighted by Crippen LogP contribution is -2.26. The van der Waals surface area contributed by atoms with Gasteiger partial charge in [-0.15, -0.1) is 0 Å². The van der Waals surface area contributed by atoms with Crippen molar-refractivity contribution in [2.75, 3.05) is 6.54 Å². The number of sulfonamides is 1. The summed E-state index contributed by atoms with van der Waals surface area (Å²) in [6, 6.07) is 0. The Morgan fingerprint density at radius 3 is 2.74 bits per heavy atom. The molecule has 0 spiro atoms. The Hall–Kier alpha value is -1.41. The molecule has 7 nitrogen and oxygen atoms in total. The van der Waals surface area contributed by atoms with Gasteiger partial charge in [-0.2, -0.15) is 5.10 Å². The van der Waals surface area contributed by atoms with Crippen molar-refractivity contribution in [3.63, 3.8) is 0 Å². The molecule has 1 rings (SSSR count). The molecule has 0 saturated carbocycles. The molecule has 0 unspecified atom stereocenters. The zero-order chi connectivity index (χ0) is 14.5. The molecule has 1 heterocycles. The first-order valence-corrected chi connectivity index (χ1v) is 7.59. The maximum atomic E-state index is 11.9. The molecule has 0 atom stereocenters. The van der Waals surface area contributed by atoms with E-state index in [-0.39, 0.29) is 12.1 Å². The molecule has 1 aromatic rings. The van der Waals surface area contributed by atoms with Crippen molar-refractivity contribution in [3.8, 4) is 0 Å². The number of aromatic carboxylic acids is 1. The average Bonchev–Trinajstić information content (AvgIpc) is 2.77. The minimum absolute atomic E-state index is 0.285.